The first-order chi connectivity index (χ1) is 13.5. The number of carboxylic acids is 2. The predicted molar refractivity (Wildman–Crippen MR) is 102 cm³/mol. The summed E-state index contributed by atoms with van der Waals surface area (Å²) in [5.41, 5.74) is 1.65. The average Bonchev–Trinajstić information content (AvgIpc) is 3.07. The summed E-state index contributed by atoms with van der Waals surface area (Å²) in [4.78, 5) is 27.1. The van der Waals surface area contributed by atoms with Crippen LogP contribution in [0.15, 0.2) is 36.4 Å². The minimum absolute atomic E-state index is 0.0416. The van der Waals surface area contributed by atoms with Gasteiger partial charge in [0, 0.05) is 24.6 Å². The fourth-order valence-corrected chi connectivity index (χ4v) is 3.82. The molecule has 4 rings (SSSR count). The van der Waals surface area contributed by atoms with Crippen molar-refractivity contribution in [3.63, 3.8) is 0 Å². The molecular formula is C21H19NO6. The number of H-pyrrole nitrogens is 1. The van der Waals surface area contributed by atoms with Crippen LogP contribution < -0.4 is 4.74 Å². The number of methoxy groups -OCH3 is 1. The van der Waals surface area contributed by atoms with Crippen LogP contribution in [0.25, 0.3) is 10.9 Å². The highest BCUT2D eigenvalue weighted by atomic mass is 16.5. The molecule has 1 atom stereocenters. The van der Waals surface area contributed by atoms with Gasteiger partial charge >= 0.3 is 11.9 Å². The summed E-state index contributed by atoms with van der Waals surface area (Å²) in [6.07, 6.45) is 1.97. The zero-order valence-corrected chi connectivity index (χ0v) is 15.2. The third-order valence-corrected chi connectivity index (χ3v) is 5.13. The van der Waals surface area contributed by atoms with E-state index in [1.807, 2.05) is 6.07 Å². The van der Waals surface area contributed by atoms with Gasteiger partial charge in [0.1, 0.15) is 5.75 Å². The number of hydrogen-bond acceptors (Lipinski definition) is 4. The molecule has 2 aromatic carbocycles. The second-order valence-electron chi connectivity index (χ2n) is 6.76. The maximum absolute atomic E-state index is 12.0. The maximum atomic E-state index is 12.0. The minimum Gasteiger partial charge on any atom is -0.478 e. The lowest BCUT2D eigenvalue weighted by Gasteiger charge is -2.21. The second-order valence-corrected chi connectivity index (χ2v) is 6.76. The van der Waals surface area contributed by atoms with Crippen molar-refractivity contribution >= 4 is 22.8 Å². The Morgan fingerprint density at radius 1 is 1.14 bits per heavy atom. The summed E-state index contributed by atoms with van der Waals surface area (Å²) in [5.74, 6) is -1.78. The molecule has 1 aliphatic carbocycles. The number of rotatable bonds is 5. The van der Waals surface area contributed by atoms with Crippen molar-refractivity contribution in [3.8, 4) is 11.5 Å². The molecule has 3 aromatic rings. The molecule has 144 valence electrons. The number of benzene rings is 2. The summed E-state index contributed by atoms with van der Waals surface area (Å²) >= 11 is 0. The molecule has 0 amide bonds. The molecule has 0 aliphatic heterocycles. The van der Waals surface area contributed by atoms with Gasteiger partial charge in [0.25, 0.3) is 0 Å². The van der Waals surface area contributed by atoms with Gasteiger partial charge in [0.2, 0.25) is 0 Å². The van der Waals surface area contributed by atoms with Gasteiger partial charge in [-0.2, -0.15) is 0 Å². The number of ether oxygens (including phenoxy) is 2. The van der Waals surface area contributed by atoms with Crippen LogP contribution in [-0.2, 0) is 17.6 Å². The lowest BCUT2D eigenvalue weighted by Crippen LogP contribution is -2.21. The molecule has 1 unspecified atom stereocenters. The van der Waals surface area contributed by atoms with Crippen molar-refractivity contribution in [2.45, 2.75) is 25.4 Å². The number of nitrogens with one attached hydrogen (secondary N) is 1. The molecule has 1 heterocycles. The monoisotopic (exact) mass is 381 g/mol. The summed E-state index contributed by atoms with van der Waals surface area (Å²) in [7, 11) is 1.62. The Balaban J connectivity index is 2.00. The smallest absolute Gasteiger partial charge is 0.337 e. The zero-order chi connectivity index (χ0) is 19.8. The normalized spacial score (nSPS) is 16.0. The third-order valence-electron chi connectivity index (χ3n) is 5.13. The third kappa shape index (κ3) is 2.99. The standard InChI is InChI=1S/C21H19NO6/c1-27-12-7-8-15-13(9-12)17-18(21(25)26)14(20(23)24)10-16(19(17)22-15)28-11-5-3-2-4-6-11/h2-6,10,12,22H,7-9H2,1H3,(H,23,24)(H,25,26). The summed E-state index contributed by atoms with van der Waals surface area (Å²) in [5, 5.41) is 19.8. The topological polar surface area (TPSA) is 109 Å². The van der Waals surface area contributed by atoms with Crippen LogP contribution in [0.3, 0.4) is 0 Å². The molecule has 0 fully saturated rings. The molecule has 0 saturated carbocycles. The molecule has 3 N–H and O–H groups in total. The van der Waals surface area contributed by atoms with E-state index in [0.717, 1.165) is 17.7 Å². The van der Waals surface area contributed by atoms with Crippen LogP contribution in [0.5, 0.6) is 11.5 Å². The molecule has 7 nitrogen and oxygen atoms in total. The lowest BCUT2D eigenvalue weighted by molar-refractivity contribution is 0.0653. The van der Waals surface area contributed by atoms with E-state index in [1.54, 1.807) is 31.4 Å². The summed E-state index contributed by atoms with van der Waals surface area (Å²) in [6.45, 7) is 0. The van der Waals surface area contributed by atoms with Crippen LogP contribution in [0.2, 0.25) is 0 Å². The highest BCUT2D eigenvalue weighted by Gasteiger charge is 2.30. The van der Waals surface area contributed by atoms with Crippen molar-refractivity contribution in [2.75, 3.05) is 7.11 Å². The Bertz CT molecular complexity index is 1070. The van der Waals surface area contributed by atoms with Gasteiger partial charge in [-0.3, -0.25) is 0 Å². The Morgan fingerprint density at radius 2 is 1.89 bits per heavy atom. The largest absolute Gasteiger partial charge is 0.478 e. The number of fused-ring (bicyclic) bond motifs is 3. The highest BCUT2D eigenvalue weighted by Crippen LogP contribution is 2.40. The van der Waals surface area contributed by atoms with E-state index >= 15 is 0 Å². The summed E-state index contributed by atoms with van der Waals surface area (Å²) in [6, 6.07) is 10.2. The van der Waals surface area contributed by atoms with E-state index in [9.17, 15) is 19.8 Å². The van der Waals surface area contributed by atoms with Gasteiger partial charge in [0.15, 0.2) is 5.75 Å². The van der Waals surface area contributed by atoms with Crippen molar-refractivity contribution in [2.24, 2.45) is 0 Å². The first-order valence-electron chi connectivity index (χ1n) is 8.92. The average molecular weight is 381 g/mol. The van der Waals surface area contributed by atoms with E-state index in [0.29, 0.717) is 29.5 Å². The number of aromatic nitrogens is 1. The van der Waals surface area contributed by atoms with Gasteiger partial charge in [-0.05, 0) is 36.6 Å². The number of hydrogen-bond donors (Lipinski definition) is 3. The van der Waals surface area contributed by atoms with Gasteiger partial charge in [-0.15, -0.1) is 0 Å². The molecule has 0 saturated heterocycles. The van der Waals surface area contributed by atoms with Crippen LogP contribution in [-0.4, -0.2) is 40.3 Å². The van der Waals surface area contributed by atoms with Gasteiger partial charge in [0.05, 0.1) is 22.7 Å². The Kier molecular flexibility index (Phi) is 4.52. The van der Waals surface area contributed by atoms with E-state index < -0.39 is 11.9 Å². The van der Waals surface area contributed by atoms with Crippen LogP contribution >= 0.6 is 0 Å². The van der Waals surface area contributed by atoms with Crippen LogP contribution in [0.1, 0.15) is 38.4 Å². The van der Waals surface area contributed by atoms with E-state index in [1.165, 1.54) is 6.07 Å². The quantitative estimate of drug-likeness (QED) is 0.619. The number of carboxylic acid groups (broad SMARTS) is 2. The fraction of sp³-hybridized carbons (Fsp3) is 0.238. The number of carbonyl (C=O) groups is 2. The first-order valence-corrected chi connectivity index (χ1v) is 8.92. The van der Waals surface area contributed by atoms with E-state index in [2.05, 4.69) is 4.98 Å². The number of para-hydroxylation sites is 1. The SMILES string of the molecule is COC1CCc2[nH]c3c(Oc4ccccc4)cc(C(=O)O)c(C(=O)O)c3c2C1. The lowest BCUT2D eigenvalue weighted by atomic mass is 9.90. The van der Waals surface area contributed by atoms with Crippen LogP contribution in [0, 0.1) is 0 Å². The second kappa shape index (κ2) is 7.01. The van der Waals surface area contributed by atoms with Gasteiger partial charge in [-0.25, -0.2) is 9.59 Å². The van der Waals surface area contributed by atoms with Gasteiger partial charge in [-0.1, -0.05) is 18.2 Å². The molecule has 1 aromatic heterocycles. The van der Waals surface area contributed by atoms with Crippen molar-refractivity contribution < 1.29 is 29.3 Å². The molecule has 28 heavy (non-hydrogen) atoms. The highest BCUT2D eigenvalue weighted by molar-refractivity contribution is 6.14. The van der Waals surface area contributed by atoms with Crippen molar-refractivity contribution in [1.82, 2.24) is 4.98 Å². The molecule has 1 aliphatic rings. The first kappa shape index (κ1) is 18.1. The van der Waals surface area contributed by atoms with E-state index in [4.69, 9.17) is 9.47 Å². The molecule has 7 heteroatoms. The number of aromatic amines is 1. The molecule has 0 radical (unpaired) electrons. The number of aromatic carboxylic acids is 2. The van der Waals surface area contributed by atoms with Gasteiger partial charge < -0.3 is 24.7 Å². The number of aryl methyl sites for hydroxylation is 1. The Morgan fingerprint density at radius 3 is 2.54 bits per heavy atom. The van der Waals surface area contributed by atoms with Crippen molar-refractivity contribution in [1.29, 1.82) is 0 Å². The maximum Gasteiger partial charge on any atom is 0.337 e. The molecular weight excluding hydrogens is 362 g/mol. The predicted octanol–water partition coefficient (Wildman–Crippen LogP) is 3.86. The molecule has 0 spiro atoms. The fourth-order valence-electron chi connectivity index (χ4n) is 3.82. The molecule has 0 bridgehead atoms. The van der Waals surface area contributed by atoms with Crippen LogP contribution in [0.4, 0.5) is 0 Å². The Hall–Kier alpha value is -3.32. The summed E-state index contributed by atoms with van der Waals surface area (Å²) < 4.78 is 11.4. The van der Waals surface area contributed by atoms with Crippen molar-refractivity contribution in [3.05, 3.63) is 58.8 Å². The van der Waals surface area contributed by atoms with E-state index in [-0.39, 0.29) is 23.0 Å². The zero-order valence-electron chi connectivity index (χ0n) is 15.2. The minimum atomic E-state index is -1.31. The Labute approximate surface area is 160 Å².